The van der Waals surface area contributed by atoms with Crippen LogP contribution in [0.5, 0.6) is 5.75 Å². The standard InChI is InChI=1S/C12H22N2O4/c1-5-14-10(9(16-4)8-13-14)11(15)12(17-6-2)18-7-3/h8,11-12,15H,5-7H2,1-4H3. The van der Waals surface area contributed by atoms with Crippen molar-refractivity contribution >= 4 is 0 Å². The number of ether oxygens (including phenoxy) is 3. The zero-order valence-corrected chi connectivity index (χ0v) is 11.4. The maximum Gasteiger partial charge on any atom is 0.189 e. The summed E-state index contributed by atoms with van der Waals surface area (Å²) >= 11 is 0. The number of aryl methyl sites for hydroxylation is 1. The van der Waals surface area contributed by atoms with Crippen molar-refractivity contribution < 1.29 is 19.3 Å². The Bertz CT molecular complexity index is 326. The molecule has 0 aromatic carbocycles. The first-order chi connectivity index (χ1) is 8.69. The number of aliphatic hydroxyl groups excluding tert-OH is 1. The van der Waals surface area contributed by atoms with Gasteiger partial charge >= 0.3 is 0 Å². The van der Waals surface area contributed by atoms with E-state index >= 15 is 0 Å². The first-order valence-corrected chi connectivity index (χ1v) is 6.20. The Hall–Kier alpha value is -1.11. The van der Waals surface area contributed by atoms with Crippen molar-refractivity contribution in [1.82, 2.24) is 9.78 Å². The van der Waals surface area contributed by atoms with Crippen LogP contribution in [0.1, 0.15) is 32.6 Å². The first-order valence-electron chi connectivity index (χ1n) is 6.20. The number of hydrogen-bond donors (Lipinski definition) is 1. The molecule has 1 heterocycles. The summed E-state index contributed by atoms with van der Waals surface area (Å²) in [5.74, 6) is 0.536. The molecule has 104 valence electrons. The predicted octanol–water partition coefficient (Wildman–Crippen LogP) is 1.34. The van der Waals surface area contributed by atoms with Crippen LogP contribution in [0.15, 0.2) is 6.20 Å². The van der Waals surface area contributed by atoms with E-state index in [1.165, 1.54) is 0 Å². The Labute approximate surface area is 107 Å². The molecular formula is C12H22N2O4. The van der Waals surface area contributed by atoms with Crippen molar-refractivity contribution in [2.45, 2.75) is 39.7 Å². The van der Waals surface area contributed by atoms with E-state index in [-0.39, 0.29) is 0 Å². The Morgan fingerprint density at radius 1 is 1.28 bits per heavy atom. The highest BCUT2D eigenvalue weighted by atomic mass is 16.7. The first kappa shape index (κ1) is 14.9. The minimum Gasteiger partial charge on any atom is -0.493 e. The van der Waals surface area contributed by atoms with Crippen molar-refractivity contribution in [2.75, 3.05) is 20.3 Å². The van der Waals surface area contributed by atoms with Crippen LogP contribution in [0.3, 0.4) is 0 Å². The zero-order valence-electron chi connectivity index (χ0n) is 11.4. The molecule has 0 saturated heterocycles. The Morgan fingerprint density at radius 2 is 1.89 bits per heavy atom. The van der Waals surface area contributed by atoms with Crippen LogP contribution in [0.4, 0.5) is 0 Å². The molecule has 1 aromatic rings. The van der Waals surface area contributed by atoms with E-state index in [2.05, 4.69) is 5.10 Å². The second-order valence-electron chi connectivity index (χ2n) is 3.64. The minimum atomic E-state index is -0.928. The number of aliphatic hydroxyl groups is 1. The van der Waals surface area contributed by atoms with E-state index in [1.54, 1.807) is 18.0 Å². The van der Waals surface area contributed by atoms with Crippen LogP contribution < -0.4 is 4.74 Å². The van der Waals surface area contributed by atoms with Gasteiger partial charge in [0.1, 0.15) is 5.69 Å². The van der Waals surface area contributed by atoms with E-state index in [4.69, 9.17) is 14.2 Å². The molecule has 6 heteroatoms. The molecule has 6 nitrogen and oxygen atoms in total. The Kier molecular flexibility index (Phi) is 6.11. The third-order valence-corrected chi connectivity index (χ3v) is 2.56. The van der Waals surface area contributed by atoms with Crippen LogP contribution in [0, 0.1) is 0 Å². The molecule has 1 rings (SSSR count). The highest BCUT2D eigenvalue weighted by Crippen LogP contribution is 2.28. The SMILES string of the molecule is CCOC(OCC)C(O)c1c(OC)cnn1CC. The van der Waals surface area contributed by atoms with Crippen LogP contribution in [0.2, 0.25) is 0 Å². The summed E-state index contributed by atoms with van der Waals surface area (Å²) in [4.78, 5) is 0. The quantitative estimate of drug-likeness (QED) is 0.713. The summed E-state index contributed by atoms with van der Waals surface area (Å²) in [7, 11) is 1.55. The van der Waals surface area contributed by atoms with Gasteiger partial charge in [0.2, 0.25) is 0 Å². The molecule has 0 aliphatic carbocycles. The Morgan fingerprint density at radius 3 is 2.33 bits per heavy atom. The summed E-state index contributed by atoms with van der Waals surface area (Å²) < 4.78 is 17.7. The van der Waals surface area contributed by atoms with Crippen LogP contribution >= 0.6 is 0 Å². The van der Waals surface area contributed by atoms with Gasteiger partial charge in [0.25, 0.3) is 0 Å². The lowest BCUT2D eigenvalue weighted by molar-refractivity contribution is -0.193. The van der Waals surface area contributed by atoms with Gasteiger partial charge in [-0.15, -0.1) is 0 Å². The number of nitrogens with zero attached hydrogens (tertiary/aromatic N) is 2. The largest absolute Gasteiger partial charge is 0.493 e. The maximum atomic E-state index is 10.4. The monoisotopic (exact) mass is 258 g/mol. The summed E-state index contributed by atoms with van der Waals surface area (Å²) in [6.07, 6.45) is -0.0602. The van der Waals surface area contributed by atoms with Crippen LogP contribution in [-0.2, 0) is 16.0 Å². The lowest BCUT2D eigenvalue weighted by atomic mass is 10.2. The lowest BCUT2D eigenvalue weighted by Crippen LogP contribution is -2.28. The summed E-state index contributed by atoms with van der Waals surface area (Å²) in [5.41, 5.74) is 0.576. The molecule has 1 aromatic heterocycles. The van der Waals surface area contributed by atoms with Crippen molar-refractivity contribution in [3.05, 3.63) is 11.9 Å². The molecule has 18 heavy (non-hydrogen) atoms. The van der Waals surface area contributed by atoms with Crippen molar-refractivity contribution in [3.8, 4) is 5.75 Å². The number of aromatic nitrogens is 2. The van der Waals surface area contributed by atoms with E-state index < -0.39 is 12.4 Å². The van der Waals surface area contributed by atoms with Gasteiger partial charge in [-0.05, 0) is 20.8 Å². The molecule has 0 aliphatic rings. The fourth-order valence-electron chi connectivity index (χ4n) is 1.77. The highest BCUT2D eigenvalue weighted by Gasteiger charge is 2.28. The molecule has 0 amide bonds. The fourth-order valence-corrected chi connectivity index (χ4v) is 1.77. The highest BCUT2D eigenvalue weighted by molar-refractivity contribution is 5.27. The molecule has 1 atom stereocenters. The molecule has 0 bridgehead atoms. The third-order valence-electron chi connectivity index (χ3n) is 2.56. The molecule has 1 N–H and O–H groups in total. The smallest absolute Gasteiger partial charge is 0.189 e. The number of methoxy groups -OCH3 is 1. The van der Waals surface area contributed by atoms with Gasteiger partial charge in [-0.25, -0.2) is 0 Å². The average Bonchev–Trinajstić information content (AvgIpc) is 2.80. The van der Waals surface area contributed by atoms with E-state index in [0.29, 0.717) is 31.2 Å². The predicted molar refractivity (Wildman–Crippen MR) is 66.5 cm³/mol. The maximum absolute atomic E-state index is 10.4. The summed E-state index contributed by atoms with van der Waals surface area (Å²) in [5, 5.41) is 14.5. The van der Waals surface area contributed by atoms with Gasteiger partial charge in [-0.3, -0.25) is 4.68 Å². The Balaban J connectivity index is 2.97. The minimum absolute atomic E-state index is 0.463. The van der Waals surface area contributed by atoms with Gasteiger partial charge in [0.05, 0.1) is 13.3 Å². The van der Waals surface area contributed by atoms with Gasteiger partial charge < -0.3 is 19.3 Å². The van der Waals surface area contributed by atoms with Gasteiger partial charge in [0, 0.05) is 19.8 Å². The third kappa shape index (κ3) is 3.22. The van der Waals surface area contributed by atoms with E-state index in [1.807, 2.05) is 20.8 Å². The van der Waals surface area contributed by atoms with Gasteiger partial charge in [0.15, 0.2) is 18.1 Å². The van der Waals surface area contributed by atoms with Crippen LogP contribution in [-0.4, -0.2) is 41.5 Å². The average molecular weight is 258 g/mol. The van der Waals surface area contributed by atoms with E-state index in [9.17, 15) is 5.11 Å². The van der Waals surface area contributed by atoms with Gasteiger partial charge in [-0.2, -0.15) is 5.10 Å². The lowest BCUT2D eigenvalue weighted by Gasteiger charge is -2.23. The fraction of sp³-hybridized carbons (Fsp3) is 0.750. The zero-order chi connectivity index (χ0) is 13.5. The summed E-state index contributed by atoms with van der Waals surface area (Å²) in [6, 6.07) is 0. The number of rotatable bonds is 8. The second kappa shape index (κ2) is 7.35. The van der Waals surface area contributed by atoms with Gasteiger partial charge in [-0.1, -0.05) is 0 Å². The number of hydrogen-bond acceptors (Lipinski definition) is 5. The molecule has 0 saturated carbocycles. The molecule has 0 aliphatic heterocycles. The topological polar surface area (TPSA) is 65.7 Å². The van der Waals surface area contributed by atoms with E-state index in [0.717, 1.165) is 0 Å². The normalized spacial score (nSPS) is 13.0. The second-order valence-corrected chi connectivity index (χ2v) is 3.64. The molecule has 0 fully saturated rings. The summed E-state index contributed by atoms with van der Waals surface area (Å²) in [6.45, 7) is 7.22. The molecule has 0 radical (unpaired) electrons. The van der Waals surface area contributed by atoms with Crippen molar-refractivity contribution in [3.63, 3.8) is 0 Å². The molecule has 0 spiro atoms. The van der Waals surface area contributed by atoms with Crippen molar-refractivity contribution in [1.29, 1.82) is 0 Å². The molecule has 1 unspecified atom stereocenters. The molecular weight excluding hydrogens is 236 g/mol. The van der Waals surface area contributed by atoms with Crippen LogP contribution in [0.25, 0.3) is 0 Å². The van der Waals surface area contributed by atoms with Crippen molar-refractivity contribution in [2.24, 2.45) is 0 Å².